The molecular formula is C21H22BrNO. The van der Waals surface area contributed by atoms with Crippen molar-refractivity contribution < 1.29 is 4.79 Å². The van der Waals surface area contributed by atoms with Crippen LogP contribution in [0.25, 0.3) is 0 Å². The number of carbonyl (C=O) groups is 1. The molecule has 0 saturated carbocycles. The molecule has 24 heavy (non-hydrogen) atoms. The molecule has 0 aliphatic heterocycles. The Morgan fingerprint density at radius 2 is 1.67 bits per heavy atom. The van der Waals surface area contributed by atoms with E-state index in [0.29, 0.717) is 6.54 Å². The van der Waals surface area contributed by atoms with Gasteiger partial charge in [0.2, 0.25) is 5.91 Å². The van der Waals surface area contributed by atoms with Crippen LogP contribution in [0, 0.1) is 0 Å². The Labute approximate surface area is 152 Å². The lowest BCUT2D eigenvalue weighted by Crippen LogP contribution is -2.33. The summed E-state index contributed by atoms with van der Waals surface area (Å²) in [6.07, 6.45) is 6.64. The Morgan fingerprint density at radius 1 is 1.00 bits per heavy atom. The van der Waals surface area contributed by atoms with Gasteiger partial charge in [0.1, 0.15) is 4.83 Å². The predicted octanol–water partition coefficient (Wildman–Crippen LogP) is 5.61. The van der Waals surface area contributed by atoms with E-state index in [2.05, 4.69) is 34.1 Å². The van der Waals surface area contributed by atoms with Gasteiger partial charge in [0, 0.05) is 5.70 Å². The maximum atomic E-state index is 13.2. The summed E-state index contributed by atoms with van der Waals surface area (Å²) in [5, 5.41) is 0. The van der Waals surface area contributed by atoms with E-state index in [4.69, 9.17) is 0 Å². The zero-order valence-corrected chi connectivity index (χ0v) is 15.3. The Kier molecular flexibility index (Phi) is 5.86. The summed E-state index contributed by atoms with van der Waals surface area (Å²) in [6.45, 7) is 0.625. The Morgan fingerprint density at radius 3 is 2.29 bits per heavy atom. The molecule has 1 aliphatic carbocycles. The van der Waals surface area contributed by atoms with Crippen LogP contribution in [-0.4, -0.2) is 10.8 Å². The van der Waals surface area contributed by atoms with Crippen LogP contribution < -0.4 is 0 Å². The molecule has 3 heteroatoms. The number of halogens is 1. The number of rotatable bonds is 5. The summed E-state index contributed by atoms with van der Waals surface area (Å²) < 4.78 is 0. The molecule has 2 aromatic rings. The van der Waals surface area contributed by atoms with Crippen molar-refractivity contribution in [3.05, 3.63) is 83.6 Å². The molecule has 1 aliphatic rings. The monoisotopic (exact) mass is 383 g/mol. The Bertz CT molecular complexity index is 696. The number of benzene rings is 2. The van der Waals surface area contributed by atoms with Crippen LogP contribution in [0.2, 0.25) is 0 Å². The van der Waals surface area contributed by atoms with Crippen molar-refractivity contribution in [1.29, 1.82) is 0 Å². The third kappa shape index (κ3) is 4.15. The molecule has 0 saturated heterocycles. The van der Waals surface area contributed by atoms with Gasteiger partial charge in [-0.15, -0.1) is 0 Å². The van der Waals surface area contributed by atoms with Crippen molar-refractivity contribution in [1.82, 2.24) is 4.90 Å². The SMILES string of the molecule is O=C(C(Br)c1ccccc1)N(Cc1ccccc1)C1=CCCCC1. The molecule has 3 rings (SSSR count). The number of hydrogen-bond donors (Lipinski definition) is 0. The first-order valence-corrected chi connectivity index (χ1v) is 9.40. The van der Waals surface area contributed by atoms with Gasteiger partial charge in [-0.05, 0) is 36.8 Å². The van der Waals surface area contributed by atoms with Gasteiger partial charge in [-0.1, -0.05) is 82.7 Å². The van der Waals surface area contributed by atoms with Crippen molar-refractivity contribution in [3.8, 4) is 0 Å². The fourth-order valence-corrected chi connectivity index (χ4v) is 3.61. The van der Waals surface area contributed by atoms with Crippen molar-refractivity contribution >= 4 is 21.8 Å². The first kappa shape index (κ1) is 17.0. The van der Waals surface area contributed by atoms with Crippen LogP contribution in [0.3, 0.4) is 0 Å². The molecule has 0 radical (unpaired) electrons. The molecule has 0 bridgehead atoms. The summed E-state index contributed by atoms with van der Waals surface area (Å²) in [6, 6.07) is 20.1. The summed E-state index contributed by atoms with van der Waals surface area (Å²) in [5.41, 5.74) is 3.32. The number of hydrogen-bond acceptors (Lipinski definition) is 1. The second kappa shape index (κ2) is 8.29. The molecular weight excluding hydrogens is 362 g/mol. The van der Waals surface area contributed by atoms with Gasteiger partial charge in [0.15, 0.2) is 0 Å². The lowest BCUT2D eigenvalue weighted by molar-refractivity contribution is -0.129. The van der Waals surface area contributed by atoms with E-state index in [1.807, 2.05) is 53.4 Å². The average molecular weight is 384 g/mol. The second-order valence-electron chi connectivity index (χ2n) is 6.12. The van der Waals surface area contributed by atoms with Gasteiger partial charge >= 0.3 is 0 Å². The topological polar surface area (TPSA) is 20.3 Å². The second-order valence-corrected chi connectivity index (χ2v) is 7.04. The predicted molar refractivity (Wildman–Crippen MR) is 102 cm³/mol. The third-order valence-electron chi connectivity index (χ3n) is 4.37. The molecule has 124 valence electrons. The first-order chi connectivity index (χ1) is 11.8. The summed E-state index contributed by atoms with van der Waals surface area (Å²) in [7, 11) is 0. The largest absolute Gasteiger partial charge is 0.311 e. The number of carbonyl (C=O) groups excluding carboxylic acids is 1. The van der Waals surface area contributed by atoms with E-state index in [0.717, 1.165) is 36.1 Å². The van der Waals surface area contributed by atoms with Gasteiger partial charge in [0.25, 0.3) is 0 Å². The van der Waals surface area contributed by atoms with Crippen LogP contribution in [0.4, 0.5) is 0 Å². The molecule has 0 aromatic heterocycles. The van der Waals surface area contributed by atoms with E-state index >= 15 is 0 Å². The van der Waals surface area contributed by atoms with Gasteiger partial charge in [-0.2, -0.15) is 0 Å². The molecule has 1 unspecified atom stereocenters. The summed E-state index contributed by atoms with van der Waals surface area (Å²) >= 11 is 3.61. The van der Waals surface area contributed by atoms with Crippen LogP contribution in [0.5, 0.6) is 0 Å². The van der Waals surface area contributed by atoms with E-state index in [1.54, 1.807) is 0 Å². The van der Waals surface area contributed by atoms with E-state index in [-0.39, 0.29) is 10.7 Å². The number of alkyl halides is 1. The summed E-state index contributed by atoms with van der Waals surface area (Å²) in [4.78, 5) is 14.8. The maximum Gasteiger partial charge on any atom is 0.245 e. The van der Waals surface area contributed by atoms with E-state index in [9.17, 15) is 4.79 Å². The summed E-state index contributed by atoms with van der Waals surface area (Å²) in [5.74, 6) is 0.109. The lowest BCUT2D eigenvalue weighted by atomic mass is 10.0. The lowest BCUT2D eigenvalue weighted by Gasteiger charge is -2.30. The molecule has 1 atom stereocenters. The van der Waals surface area contributed by atoms with Crippen molar-refractivity contribution in [2.45, 2.75) is 37.1 Å². The van der Waals surface area contributed by atoms with Crippen molar-refractivity contribution in [3.63, 3.8) is 0 Å². The molecule has 1 amide bonds. The third-order valence-corrected chi connectivity index (χ3v) is 5.29. The number of nitrogens with zero attached hydrogens (tertiary/aromatic N) is 1. The zero-order chi connectivity index (χ0) is 16.8. The minimum absolute atomic E-state index is 0.109. The highest BCUT2D eigenvalue weighted by atomic mass is 79.9. The highest BCUT2D eigenvalue weighted by Gasteiger charge is 2.26. The molecule has 0 heterocycles. The average Bonchev–Trinajstić information content (AvgIpc) is 2.67. The van der Waals surface area contributed by atoms with Gasteiger partial charge in [0.05, 0.1) is 6.54 Å². The fourth-order valence-electron chi connectivity index (χ4n) is 3.05. The highest BCUT2D eigenvalue weighted by Crippen LogP contribution is 2.30. The Hall–Kier alpha value is -1.87. The van der Waals surface area contributed by atoms with Gasteiger partial charge in [-0.25, -0.2) is 0 Å². The fraction of sp³-hybridized carbons (Fsp3) is 0.286. The molecule has 2 nitrogen and oxygen atoms in total. The van der Waals surface area contributed by atoms with Crippen LogP contribution in [-0.2, 0) is 11.3 Å². The molecule has 2 aromatic carbocycles. The van der Waals surface area contributed by atoms with E-state index < -0.39 is 0 Å². The van der Waals surface area contributed by atoms with E-state index in [1.165, 1.54) is 6.42 Å². The minimum Gasteiger partial charge on any atom is -0.311 e. The zero-order valence-electron chi connectivity index (χ0n) is 13.7. The standard InChI is InChI=1S/C21H22BrNO/c22-20(18-12-6-2-7-13-18)21(24)23(19-14-8-3-9-15-19)16-17-10-4-1-5-11-17/h1-2,4-7,10-14,20H,3,8-9,15-16H2. The normalized spacial score (nSPS) is 15.5. The first-order valence-electron chi connectivity index (χ1n) is 8.49. The number of amides is 1. The van der Waals surface area contributed by atoms with Crippen LogP contribution >= 0.6 is 15.9 Å². The van der Waals surface area contributed by atoms with Crippen LogP contribution in [0.15, 0.2) is 72.4 Å². The van der Waals surface area contributed by atoms with Gasteiger partial charge in [-0.3, -0.25) is 4.79 Å². The van der Waals surface area contributed by atoms with Gasteiger partial charge < -0.3 is 4.90 Å². The van der Waals surface area contributed by atoms with Crippen LogP contribution in [0.1, 0.15) is 41.6 Å². The highest BCUT2D eigenvalue weighted by molar-refractivity contribution is 9.09. The number of allylic oxidation sites excluding steroid dienone is 2. The minimum atomic E-state index is -0.315. The molecule has 0 N–H and O–H groups in total. The quantitative estimate of drug-likeness (QED) is 0.614. The molecule has 0 spiro atoms. The van der Waals surface area contributed by atoms with Crippen molar-refractivity contribution in [2.24, 2.45) is 0 Å². The maximum absolute atomic E-state index is 13.2. The molecule has 0 fully saturated rings. The smallest absolute Gasteiger partial charge is 0.245 e. The van der Waals surface area contributed by atoms with Crippen molar-refractivity contribution in [2.75, 3.05) is 0 Å². The Balaban J connectivity index is 1.86.